The number of benzene rings is 1. The van der Waals surface area contributed by atoms with Crippen molar-refractivity contribution in [3.8, 4) is 0 Å². The number of hydrogen-bond acceptors (Lipinski definition) is 5. The maximum absolute atomic E-state index is 6.29. The normalized spacial score (nSPS) is 11.6. The molecule has 0 unspecified atom stereocenters. The van der Waals surface area contributed by atoms with Crippen LogP contribution in [0, 0.1) is 0 Å². The molecule has 32 heavy (non-hydrogen) atoms. The lowest BCUT2D eigenvalue weighted by Crippen LogP contribution is -2.43. The number of hydrazine groups is 1. The molecule has 0 spiro atoms. The number of rotatable bonds is 21. The van der Waals surface area contributed by atoms with Gasteiger partial charge in [-0.1, -0.05) is 89.0 Å². The average Bonchev–Trinajstić information content (AvgIpc) is 2.79. The van der Waals surface area contributed by atoms with Gasteiger partial charge in [-0.15, -0.1) is 11.8 Å². The number of nitrogen functional groups attached to an aromatic ring is 1. The Hall–Kier alpha value is -1.17. The second-order valence-corrected chi connectivity index (χ2v) is 9.76. The molecule has 184 valence electrons. The van der Waals surface area contributed by atoms with Crippen LogP contribution in [0.25, 0.3) is 0 Å². The first-order chi connectivity index (χ1) is 15.7. The Morgan fingerprint density at radius 3 is 1.97 bits per heavy atom. The van der Waals surface area contributed by atoms with E-state index < -0.39 is 0 Å². The number of unbranched alkanes of at least 4 members (excludes halogenated alkanes) is 12. The molecule has 0 aliphatic carbocycles. The molecule has 0 bridgehead atoms. The number of anilines is 2. The van der Waals surface area contributed by atoms with Gasteiger partial charge in [-0.05, 0) is 50.5 Å². The van der Waals surface area contributed by atoms with Gasteiger partial charge >= 0.3 is 0 Å². The minimum absolute atomic E-state index is 0.708. The van der Waals surface area contributed by atoms with Gasteiger partial charge in [0.05, 0.1) is 18.0 Å². The Labute approximate surface area is 203 Å². The van der Waals surface area contributed by atoms with Crippen LogP contribution >= 0.6 is 11.8 Å². The van der Waals surface area contributed by atoms with Gasteiger partial charge in [0.25, 0.3) is 0 Å². The van der Waals surface area contributed by atoms with Crippen molar-refractivity contribution in [1.82, 2.24) is 4.90 Å². The van der Waals surface area contributed by atoms with Crippen molar-refractivity contribution in [3.05, 3.63) is 36.4 Å². The highest BCUT2D eigenvalue weighted by Gasteiger charge is 2.10. The molecule has 0 amide bonds. The molecule has 4 N–H and O–H groups in total. The van der Waals surface area contributed by atoms with E-state index in [4.69, 9.17) is 11.6 Å². The molecule has 0 atom stereocenters. The molecular formula is C27H50N4S. The van der Waals surface area contributed by atoms with Crippen LogP contribution in [0.4, 0.5) is 11.4 Å². The number of hydrogen-bond donors (Lipinski definition) is 2. The average molecular weight is 463 g/mol. The largest absolute Gasteiger partial charge is 0.397 e. The van der Waals surface area contributed by atoms with E-state index in [-0.39, 0.29) is 0 Å². The summed E-state index contributed by atoms with van der Waals surface area (Å²) in [6.45, 7) is 4.08. The van der Waals surface area contributed by atoms with Gasteiger partial charge in [-0.2, -0.15) is 0 Å². The molecule has 0 aliphatic heterocycles. The third-order valence-corrected chi connectivity index (χ3v) is 6.52. The molecule has 0 aromatic heterocycles. The second kappa shape index (κ2) is 20.4. The monoisotopic (exact) mass is 462 g/mol. The first-order valence-corrected chi connectivity index (χ1v) is 14.3. The first-order valence-electron chi connectivity index (χ1n) is 12.9. The number of para-hydroxylation sites is 2. The van der Waals surface area contributed by atoms with Crippen LogP contribution in [0.15, 0.2) is 36.4 Å². The van der Waals surface area contributed by atoms with Crippen LogP contribution in [-0.2, 0) is 0 Å². The summed E-state index contributed by atoms with van der Waals surface area (Å²) in [5.41, 5.74) is 7.70. The van der Waals surface area contributed by atoms with E-state index in [2.05, 4.69) is 30.2 Å². The van der Waals surface area contributed by atoms with Crippen LogP contribution in [-0.4, -0.2) is 30.2 Å². The Bertz CT molecular complexity index is 579. The lowest BCUT2D eigenvalue weighted by atomic mass is 10.1. The highest BCUT2D eigenvalue weighted by molar-refractivity contribution is 7.98. The second-order valence-electron chi connectivity index (χ2n) is 8.92. The van der Waals surface area contributed by atoms with Crippen molar-refractivity contribution >= 4 is 23.1 Å². The zero-order valence-corrected chi connectivity index (χ0v) is 21.8. The molecule has 0 heterocycles. The Kier molecular flexibility index (Phi) is 18.4. The quantitative estimate of drug-likeness (QED) is 0.0493. The van der Waals surface area contributed by atoms with Gasteiger partial charge in [0.2, 0.25) is 0 Å². The minimum Gasteiger partial charge on any atom is -0.397 e. The summed E-state index contributed by atoms with van der Waals surface area (Å²) in [4.78, 5) is 2.41. The summed E-state index contributed by atoms with van der Waals surface area (Å²) in [5, 5.41) is 1.77. The zero-order chi connectivity index (χ0) is 23.3. The zero-order valence-electron chi connectivity index (χ0n) is 20.9. The van der Waals surface area contributed by atoms with Crippen LogP contribution < -0.4 is 16.6 Å². The third kappa shape index (κ3) is 14.8. The van der Waals surface area contributed by atoms with E-state index in [0.29, 0.717) is 6.67 Å². The van der Waals surface area contributed by atoms with Crippen LogP contribution in [0.5, 0.6) is 0 Å². The maximum atomic E-state index is 6.29. The Morgan fingerprint density at radius 1 is 0.812 bits per heavy atom. The van der Waals surface area contributed by atoms with E-state index in [1.54, 1.807) is 5.01 Å². The summed E-state index contributed by atoms with van der Waals surface area (Å²) < 4.78 is 0. The van der Waals surface area contributed by atoms with Gasteiger partial charge in [0.1, 0.15) is 0 Å². The van der Waals surface area contributed by atoms with Crippen molar-refractivity contribution in [2.45, 2.75) is 96.8 Å². The van der Waals surface area contributed by atoms with Gasteiger partial charge in [-0.25, -0.2) is 5.84 Å². The predicted molar refractivity (Wildman–Crippen MR) is 147 cm³/mol. The molecule has 0 saturated heterocycles. The Balaban J connectivity index is 2.02. The maximum Gasteiger partial charge on any atom is 0.0868 e. The minimum atomic E-state index is 0.708. The van der Waals surface area contributed by atoms with Gasteiger partial charge in [0.15, 0.2) is 0 Å². The lowest BCUT2D eigenvalue weighted by Gasteiger charge is -2.28. The fourth-order valence-electron chi connectivity index (χ4n) is 3.98. The Morgan fingerprint density at radius 2 is 1.38 bits per heavy atom. The number of nitrogens with zero attached hydrogens (tertiary/aromatic N) is 2. The molecule has 4 nitrogen and oxygen atoms in total. The molecular weight excluding hydrogens is 412 g/mol. The molecule has 5 heteroatoms. The van der Waals surface area contributed by atoms with Crippen molar-refractivity contribution in [2.24, 2.45) is 5.84 Å². The fourth-order valence-corrected chi connectivity index (χ4v) is 4.56. The highest BCUT2D eigenvalue weighted by atomic mass is 32.2. The van der Waals surface area contributed by atoms with E-state index in [9.17, 15) is 0 Å². The fraction of sp³-hybridized carbons (Fsp3) is 0.704. The van der Waals surface area contributed by atoms with E-state index >= 15 is 0 Å². The summed E-state index contributed by atoms with van der Waals surface area (Å²) >= 11 is 1.85. The van der Waals surface area contributed by atoms with Gasteiger partial charge in [-0.3, -0.25) is 9.91 Å². The third-order valence-electron chi connectivity index (χ3n) is 5.90. The lowest BCUT2D eigenvalue weighted by molar-refractivity contribution is 0.310. The van der Waals surface area contributed by atoms with Crippen LogP contribution in [0.2, 0.25) is 0 Å². The molecule has 1 aromatic rings. The van der Waals surface area contributed by atoms with Crippen molar-refractivity contribution in [3.63, 3.8) is 0 Å². The number of nitrogens with two attached hydrogens (primary N) is 2. The molecule has 0 fully saturated rings. The SMILES string of the molecule is CCCCCCCC/C=C/CCCCCCCCN(CSC)CN(N)c1ccccc1N. The van der Waals surface area contributed by atoms with Crippen molar-refractivity contribution in [1.29, 1.82) is 0 Å². The van der Waals surface area contributed by atoms with E-state index in [1.807, 2.05) is 36.0 Å². The summed E-state index contributed by atoms with van der Waals surface area (Å²) in [6.07, 6.45) is 25.8. The van der Waals surface area contributed by atoms with E-state index in [0.717, 1.165) is 23.8 Å². The van der Waals surface area contributed by atoms with Crippen LogP contribution in [0.1, 0.15) is 96.8 Å². The van der Waals surface area contributed by atoms with Crippen molar-refractivity contribution in [2.75, 3.05) is 36.1 Å². The summed E-state index contributed by atoms with van der Waals surface area (Å²) in [5.74, 6) is 7.28. The first kappa shape index (κ1) is 28.9. The van der Waals surface area contributed by atoms with Gasteiger partial charge < -0.3 is 5.73 Å². The molecule has 0 saturated carbocycles. The molecule has 0 aliphatic rings. The standard InChI is InChI=1S/C27H50N4S/c1-3-4-5-6-7-8-9-10-11-12-13-14-15-16-17-20-23-30(25-32-2)24-31(29)27-22-19-18-21-26(27)28/h10-11,18-19,21-22H,3-9,12-17,20,23-25,28-29H2,1-2H3/b11-10+. The highest BCUT2D eigenvalue weighted by Crippen LogP contribution is 2.20. The molecule has 0 radical (unpaired) electrons. The van der Waals surface area contributed by atoms with E-state index in [1.165, 1.54) is 89.9 Å². The summed E-state index contributed by atoms with van der Waals surface area (Å²) in [7, 11) is 0. The van der Waals surface area contributed by atoms with Crippen LogP contribution in [0.3, 0.4) is 0 Å². The predicted octanol–water partition coefficient (Wildman–Crippen LogP) is 7.57. The number of thioether (sulfide) groups is 1. The molecule has 1 rings (SSSR count). The smallest absolute Gasteiger partial charge is 0.0868 e. The summed E-state index contributed by atoms with van der Waals surface area (Å²) in [6, 6.07) is 7.81. The van der Waals surface area contributed by atoms with Crippen molar-refractivity contribution < 1.29 is 0 Å². The van der Waals surface area contributed by atoms with Gasteiger partial charge in [0, 0.05) is 12.4 Å². The topological polar surface area (TPSA) is 58.5 Å². The number of allylic oxidation sites excluding steroid dienone is 2. The molecule has 1 aromatic carbocycles.